The van der Waals surface area contributed by atoms with Gasteiger partial charge in [-0.15, -0.1) is 0 Å². The van der Waals surface area contributed by atoms with Crippen molar-refractivity contribution in [2.45, 2.75) is 76.9 Å². The van der Waals surface area contributed by atoms with Crippen LogP contribution in [0.3, 0.4) is 0 Å². The number of esters is 1. The SMILES string of the molecule is CC(=O)O[C@H]1C[C@H](n2cc(C)c(=O)[nH]c2=O)O[C@@H]1CO[P@@](=S)(OCCC#N)O[C@@H]1C[C@H](n2cc(C)c(=O)[nH]c2=O)O[C@@H]1CO. The molecule has 0 aromatic carbocycles. The monoisotopic (exact) mass is 657 g/mol. The molecule has 2 saturated heterocycles. The molecule has 4 rings (SSSR count). The summed E-state index contributed by atoms with van der Waals surface area (Å²) in [6.07, 6.45) is -2.86. The number of aliphatic hydroxyl groups is 1. The third kappa shape index (κ3) is 7.86. The Morgan fingerprint density at radius 3 is 2.09 bits per heavy atom. The van der Waals surface area contributed by atoms with E-state index in [0.717, 1.165) is 0 Å². The molecule has 0 unspecified atom stereocenters. The van der Waals surface area contributed by atoms with Gasteiger partial charge in [-0.3, -0.25) is 33.5 Å². The summed E-state index contributed by atoms with van der Waals surface area (Å²) in [5.74, 6) is -0.608. The Morgan fingerprint density at radius 1 is 1.02 bits per heavy atom. The number of aliphatic hydroxyl groups excluding tert-OH is 1. The van der Waals surface area contributed by atoms with Gasteiger partial charge in [-0.05, 0) is 25.7 Å². The van der Waals surface area contributed by atoms with E-state index in [2.05, 4.69) is 9.97 Å². The fourth-order valence-electron chi connectivity index (χ4n) is 4.74. The number of aryl methyl sites for hydroxylation is 2. The van der Waals surface area contributed by atoms with E-state index >= 15 is 0 Å². The Morgan fingerprint density at radius 2 is 1.57 bits per heavy atom. The first-order chi connectivity index (χ1) is 20.8. The van der Waals surface area contributed by atoms with Crippen LogP contribution in [0.15, 0.2) is 31.6 Å². The molecule has 0 saturated carbocycles. The number of nitriles is 1. The van der Waals surface area contributed by atoms with Crippen molar-refractivity contribution >= 4 is 24.5 Å². The summed E-state index contributed by atoms with van der Waals surface area (Å²) in [5.41, 5.74) is -2.00. The number of carbonyl (C=O) groups is 1. The lowest BCUT2D eigenvalue weighted by molar-refractivity contribution is -0.150. The molecule has 2 aromatic heterocycles. The average molecular weight is 658 g/mol. The van der Waals surface area contributed by atoms with Crippen molar-refractivity contribution < 1.29 is 37.7 Å². The molecule has 2 aliphatic heterocycles. The molecule has 0 aliphatic carbocycles. The first-order valence-electron chi connectivity index (χ1n) is 13.5. The van der Waals surface area contributed by atoms with Gasteiger partial charge in [-0.2, -0.15) is 5.26 Å². The quantitative estimate of drug-likeness (QED) is 0.152. The van der Waals surface area contributed by atoms with Gasteiger partial charge < -0.3 is 32.9 Å². The van der Waals surface area contributed by atoms with Crippen molar-refractivity contribution in [3.05, 3.63) is 65.2 Å². The first-order valence-corrected chi connectivity index (χ1v) is 16.1. The summed E-state index contributed by atoms with van der Waals surface area (Å²) in [7, 11) is 0. The smallest absolute Gasteiger partial charge is 0.330 e. The maximum absolute atomic E-state index is 12.5. The molecule has 2 fully saturated rings. The highest BCUT2D eigenvalue weighted by Gasteiger charge is 2.44. The van der Waals surface area contributed by atoms with Crippen LogP contribution in [0.1, 0.15) is 49.8 Å². The number of aromatic amines is 2. The lowest BCUT2D eigenvalue weighted by Crippen LogP contribution is -2.33. The summed E-state index contributed by atoms with van der Waals surface area (Å²) in [6.45, 7) is -0.457. The summed E-state index contributed by atoms with van der Waals surface area (Å²) in [4.78, 5) is 64.7. The zero-order chi connectivity index (χ0) is 32.2. The minimum absolute atomic E-state index is 0.0204. The molecule has 0 radical (unpaired) electrons. The van der Waals surface area contributed by atoms with Gasteiger partial charge in [0.15, 0.2) is 0 Å². The van der Waals surface area contributed by atoms with Crippen LogP contribution in [-0.2, 0) is 44.4 Å². The maximum Gasteiger partial charge on any atom is 0.330 e. The van der Waals surface area contributed by atoms with Crippen LogP contribution in [0.25, 0.3) is 0 Å². The van der Waals surface area contributed by atoms with Crippen LogP contribution >= 0.6 is 6.72 Å². The fourth-order valence-corrected chi connectivity index (χ4v) is 6.87. The van der Waals surface area contributed by atoms with Crippen LogP contribution in [0.2, 0.25) is 0 Å². The Hall–Kier alpha value is -3.27. The number of hydrogen-bond donors (Lipinski definition) is 3. The number of H-pyrrole nitrogens is 2. The summed E-state index contributed by atoms with van der Waals surface area (Å²) in [5, 5.41) is 19.0. The van der Waals surface area contributed by atoms with Gasteiger partial charge in [0.05, 0.1) is 38.4 Å². The third-order valence-electron chi connectivity index (χ3n) is 6.90. The van der Waals surface area contributed by atoms with Crippen molar-refractivity contribution in [1.29, 1.82) is 5.26 Å². The van der Waals surface area contributed by atoms with Crippen molar-refractivity contribution in [2.75, 3.05) is 19.8 Å². The molecule has 0 amide bonds. The van der Waals surface area contributed by atoms with Crippen LogP contribution in [-0.4, -0.2) is 74.4 Å². The number of nitrogens with zero attached hydrogens (tertiary/aromatic N) is 3. The minimum atomic E-state index is -3.72. The zero-order valence-electron chi connectivity index (χ0n) is 24.0. The second-order valence-electron chi connectivity index (χ2n) is 10.1. The molecular formula is C25H32N5O12PS. The van der Waals surface area contributed by atoms with E-state index in [1.807, 2.05) is 6.07 Å². The van der Waals surface area contributed by atoms with Crippen LogP contribution in [0.5, 0.6) is 0 Å². The summed E-state index contributed by atoms with van der Waals surface area (Å²) < 4.78 is 37.3. The highest BCUT2D eigenvalue weighted by Crippen LogP contribution is 2.54. The molecular weight excluding hydrogens is 625 g/mol. The zero-order valence-corrected chi connectivity index (χ0v) is 25.7. The van der Waals surface area contributed by atoms with Gasteiger partial charge in [0.1, 0.15) is 30.8 Å². The summed E-state index contributed by atoms with van der Waals surface area (Å²) in [6, 6.07) is 1.93. The molecule has 0 bridgehead atoms. The van der Waals surface area contributed by atoms with Gasteiger partial charge in [-0.1, -0.05) is 0 Å². The standard InChI is InChI=1S/C25H32N5O12PS/c1-13-9-29(24(35)27-22(13)33)20-7-16(39-15(3)32)19(41-20)12-38-43(44,37-6-4-5-26)42-17-8-21(40-18(17)11-31)30-10-14(2)23(34)28-25(30)36/h9-10,16-21,31H,4,6-8,11-12H2,1-3H3,(H,27,33,35)(H,28,34,36)/t16-,17+,18+,19+,20+,21+,43-/m0/s1. The maximum atomic E-state index is 12.5. The molecule has 7 atom stereocenters. The van der Waals surface area contributed by atoms with Crippen molar-refractivity contribution in [3.8, 4) is 6.07 Å². The number of carbonyl (C=O) groups excluding carboxylic acids is 1. The number of ether oxygens (including phenoxy) is 3. The van der Waals surface area contributed by atoms with Gasteiger partial charge in [-0.25, -0.2) is 9.59 Å². The Labute approximate surface area is 254 Å². The molecule has 44 heavy (non-hydrogen) atoms. The Kier molecular flexibility index (Phi) is 10.9. The average Bonchev–Trinajstić information content (AvgIpc) is 3.54. The van der Waals surface area contributed by atoms with Gasteiger partial charge in [0, 0.05) is 43.3 Å². The molecule has 17 nitrogen and oxygen atoms in total. The summed E-state index contributed by atoms with van der Waals surface area (Å²) >= 11 is 5.63. The minimum Gasteiger partial charge on any atom is -0.460 e. The third-order valence-corrected chi connectivity index (χ3v) is 9.28. The lowest BCUT2D eigenvalue weighted by atomic mass is 10.2. The normalized spacial score (nSPS) is 26.2. The predicted octanol–water partition coefficient (Wildman–Crippen LogP) is -0.241. The topological polar surface area (TPSA) is 226 Å². The molecule has 240 valence electrons. The van der Waals surface area contributed by atoms with E-state index in [1.165, 1.54) is 42.3 Å². The highest BCUT2D eigenvalue weighted by atomic mass is 32.5. The van der Waals surface area contributed by atoms with Crippen molar-refractivity contribution in [1.82, 2.24) is 19.1 Å². The van der Waals surface area contributed by atoms with E-state index in [4.69, 9.17) is 44.9 Å². The fraction of sp³-hybridized carbons (Fsp3) is 0.600. The van der Waals surface area contributed by atoms with E-state index in [1.54, 1.807) is 0 Å². The first kappa shape index (κ1) is 33.6. The Bertz CT molecular complexity index is 1700. The molecule has 4 heterocycles. The number of nitrogens with one attached hydrogen (secondary N) is 2. The molecule has 19 heteroatoms. The van der Waals surface area contributed by atoms with Crippen molar-refractivity contribution in [2.24, 2.45) is 0 Å². The second kappa shape index (κ2) is 14.2. The van der Waals surface area contributed by atoms with Crippen LogP contribution in [0, 0.1) is 25.2 Å². The van der Waals surface area contributed by atoms with Gasteiger partial charge in [0.2, 0.25) is 0 Å². The van der Waals surface area contributed by atoms with Crippen LogP contribution < -0.4 is 22.5 Å². The highest BCUT2D eigenvalue weighted by molar-refractivity contribution is 8.07. The van der Waals surface area contributed by atoms with E-state index < -0.39 is 78.7 Å². The largest absolute Gasteiger partial charge is 0.460 e. The predicted molar refractivity (Wildman–Crippen MR) is 153 cm³/mol. The van der Waals surface area contributed by atoms with Gasteiger partial charge >= 0.3 is 24.1 Å². The Balaban J connectivity index is 1.53. The molecule has 2 aromatic rings. The lowest BCUT2D eigenvalue weighted by Gasteiger charge is -2.28. The number of aromatic nitrogens is 4. The van der Waals surface area contributed by atoms with Gasteiger partial charge in [0.25, 0.3) is 11.1 Å². The molecule has 0 spiro atoms. The van der Waals surface area contributed by atoms with E-state index in [0.29, 0.717) is 0 Å². The number of hydrogen-bond acceptors (Lipinski definition) is 14. The second-order valence-corrected chi connectivity index (χ2v) is 13.1. The number of rotatable bonds is 12. The van der Waals surface area contributed by atoms with Crippen LogP contribution in [0.4, 0.5) is 0 Å². The van der Waals surface area contributed by atoms with Crippen molar-refractivity contribution in [3.63, 3.8) is 0 Å². The van der Waals surface area contributed by atoms with E-state index in [9.17, 15) is 29.1 Å². The van der Waals surface area contributed by atoms with E-state index in [-0.39, 0.29) is 43.6 Å². The molecule has 3 N–H and O–H groups in total. The molecule has 2 aliphatic rings.